The molecule has 0 spiro atoms. The molecule has 1 aliphatic rings. The molecular formula is C12H16Cl2N2. The van der Waals surface area contributed by atoms with Crippen LogP contribution in [0.1, 0.15) is 13.8 Å². The Labute approximate surface area is 107 Å². The first kappa shape index (κ1) is 12.0. The predicted molar refractivity (Wildman–Crippen MR) is 70.7 cm³/mol. The van der Waals surface area contributed by atoms with Gasteiger partial charge in [-0.15, -0.1) is 0 Å². The zero-order chi connectivity index (χ0) is 11.7. The summed E-state index contributed by atoms with van der Waals surface area (Å²) in [5.41, 5.74) is 1.08. The van der Waals surface area contributed by atoms with Crippen LogP contribution < -0.4 is 10.2 Å². The van der Waals surface area contributed by atoms with Gasteiger partial charge in [0.25, 0.3) is 0 Å². The molecule has 1 fully saturated rings. The van der Waals surface area contributed by atoms with Crippen molar-refractivity contribution in [3.8, 4) is 0 Å². The molecule has 1 saturated heterocycles. The monoisotopic (exact) mass is 258 g/mol. The Bertz CT molecular complexity index is 371. The van der Waals surface area contributed by atoms with E-state index in [0.717, 1.165) is 23.8 Å². The van der Waals surface area contributed by atoms with Crippen molar-refractivity contribution in [2.24, 2.45) is 0 Å². The smallest absolute Gasteiger partial charge is 0.0654 e. The van der Waals surface area contributed by atoms with Crippen LogP contribution in [0.3, 0.4) is 0 Å². The fourth-order valence-electron chi connectivity index (χ4n) is 2.26. The summed E-state index contributed by atoms with van der Waals surface area (Å²) in [4.78, 5) is 2.31. The molecule has 0 radical (unpaired) electrons. The number of hydrogen-bond acceptors (Lipinski definition) is 2. The second kappa shape index (κ2) is 4.82. The van der Waals surface area contributed by atoms with Crippen molar-refractivity contribution in [3.05, 3.63) is 28.2 Å². The molecule has 0 aromatic heterocycles. The zero-order valence-electron chi connectivity index (χ0n) is 9.50. The van der Waals surface area contributed by atoms with Gasteiger partial charge in [0, 0.05) is 30.2 Å². The van der Waals surface area contributed by atoms with Gasteiger partial charge in [0.1, 0.15) is 0 Å². The highest BCUT2D eigenvalue weighted by Crippen LogP contribution is 2.29. The van der Waals surface area contributed by atoms with E-state index in [4.69, 9.17) is 23.2 Å². The Morgan fingerprint density at radius 3 is 2.38 bits per heavy atom. The van der Waals surface area contributed by atoms with Gasteiger partial charge in [0.2, 0.25) is 0 Å². The molecule has 0 aliphatic carbocycles. The van der Waals surface area contributed by atoms with Gasteiger partial charge in [-0.2, -0.15) is 0 Å². The van der Waals surface area contributed by atoms with E-state index in [1.54, 1.807) is 6.07 Å². The molecule has 1 aromatic carbocycles. The Kier molecular flexibility index (Phi) is 3.63. The van der Waals surface area contributed by atoms with Gasteiger partial charge in [-0.1, -0.05) is 23.2 Å². The molecule has 0 unspecified atom stereocenters. The predicted octanol–water partition coefficient (Wildman–Crippen LogP) is 3.18. The minimum Gasteiger partial charge on any atom is -0.367 e. The lowest BCUT2D eigenvalue weighted by atomic mass is 10.1. The SMILES string of the molecule is C[C@@H]1CN(c2ccc(Cl)cc2Cl)C[C@H](C)N1. The summed E-state index contributed by atoms with van der Waals surface area (Å²) in [6.07, 6.45) is 0. The fraction of sp³-hybridized carbons (Fsp3) is 0.500. The average Bonchev–Trinajstić information content (AvgIpc) is 2.15. The molecule has 1 aliphatic heterocycles. The number of nitrogens with one attached hydrogen (secondary N) is 1. The number of nitrogens with zero attached hydrogens (tertiary/aromatic N) is 1. The van der Waals surface area contributed by atoms with Gasteiger partial charge in [-0.05, 0) is 32.0 Å². The summed E-state index contributed by atoms with van der Waals surface area (Å²) >= 11 is 12.1. The first-order valence-corrected chi connectivity index (χ1v) is 6.28. The number of piperazine rings is 1. The maximum Gasteiger partial charge on any atom is 0.0654 e. The molecule has 4 heteroatoms. The lowest BCUT2D eigenvalue weighted by Gasteiger charge is -2.38. The maximum absolute atomic E-state index is 6.21. The van der Waals surface area contributed by atoms with E-state index in [-0.39, 0.29) is 0 Å². The third-order valence-corrected chi connectivity index (χ3v) is 3.35. The van der Waals surface area contributed by atoms with Crippen molar-refractivity contribution in [1.82, 2.24) is 5.32 Å². The molecular weight excluding hydrogens is 243 g/mol. The maximum atomic E-state index is 6.21. The van der Waals surface area contributed by atoms with Crippen LogP contribution in [-0.4, -0.2) is 25.2 Å². The third-order valence-electron chi connectivity index (χ3n) is 2.81. The van der Waals surface area contributed by atoms with Crippen molar-refractivity contribution < 1.29 is 0 Å². The molecule has 0 bridgehead atoms. The van der Waals surface area contributed by atoms with Crippen LogP contribution in [0.25, 0.3) is 0 Å². The van der Waals surface area contributed by atoms with Crippen molar-refractivity contribution in [1.29, 1.82) is 0 Å². The van der Waals surface area contributed by atoms with Gasteiger partial charge in [0.15, 0.2) is 0 Å². The normalized spacial score (nSPS) is 25.9. The van der Waals surface area contributed by atoms with Gasteiger partial charge in [-0.25, -0.2) is 0 Å². The summed E-state index contributed by atoms with van der Waals surface area (Å²) in [5, 5.41) is 4.91. The number of hydrogen-bond donors (Lipinski definition) is 1. The first-order chi connectivity index (χ1) is 7.56. The molecule has 0 amide bonds. The van der Waals surface area contributed by atoms with E-state index in [9.17, 15) is 0 Å². The topological polar surface area (TPSA) is 15.3 Å². The molecule has 1 N–H and O–H groups in total. The highest BCUT2D eigenvalue weighted by molar-refractivity contribution is 6.36. The third kappa shape index (κ3) is 2.62. The minimum absolute atomic E-state index is 0.482. The first-order valence-electron chi connectivity index (χ1n) is 5.52. The van der Waals surface area contributed by atoms with Crippen molar-refractivity contribution in [3.63, 3.8) is 0 Å². The molecule has 2 atom stereocenters. The Morgan fingerprint density at radius 2 is 1.81 bits per heavy atom. The van der Waals surface area contributed by atoms with Crippen LogP contribution in [-0.2, 0) is 0 Å². The van der Waals surface area contributed by atoms with Crippen molar-refractivity contribution in [2.75, 3.05) is 18.0 Å². The lowest BCUT2D eigenvalue weighted by Crippen LogP contribution is -2.54. The Morgan fingerprint density at radius 1 is 1.19 bits per heavy atom. The molecule has 88 valence electrons. The largest absolute Gasteiger partial charge is 0.367 e. The summed E-state index contributed by atoms with van der Waals surface area (Å²) in [6.45, 7) is 6.33. The van der Waals surface area contributed by atoms with Gasteiger partial charge in [0.05, 0.1) is 10.7 Å². The van der Waals surface area contributed by atoms with Crippen molar-refractivity contribution >= 4 is 28.9 Å². The summed E-state index contributed by atoms with van der Waals surface area (Å²) in [6, 6.07) is 6.65. The van der Waals surface area contributed by atoms with Gasteiger partial charge < -0.3 is 10.2 Å². The molecule has 2 rings (SSSR count). The van der Waals surface area contributed by atoms with E-state index in [2.05, 4.69) is 24.1 Å². The second-order valence-corrected chi connectivity index (χ2v) is 5.31. The minimum atomic E-state index is 0.482. The number of rotatable bonds is 1. The Balaban J connectivity index is 2.23. The zero-order valence-corrected chi connectivity index (χ0v) is 11.0. The van der Waals surface area contributed by atoms with E-state index in [1.165, 1.54) is 0 Å². The lowest BCUT2D eigenvalue weighted by molar-refractivity contribution is 0.407. The average molecular weight is 259 g/mol. The van der Waals surface area contributed by atoms with Crippen LogP contribution in [0.4, 0.5) is 5.69 Å². The molecule has 1 aromatic rings. The fourth-order valence-corrected chi connectivity index (χ4v) is 2.79. The highest BCUT2D eigenvalue weighted by atomic mass is 35.5. The van der Waals surface area contributed by atoms with Crippen LogP contribution in [0.5, 0.6) is 0 Å². The van der Waals surface area contributed by atoms with Crippen LogP contribution >= 0.6 is 23.2 Å². The number of benzene rings is 1. The summed E-state index contributed by atoms with van der Waals surface area (Å²) < 4.78 is 0. The van der Waals surface area contributed by atoms with E-state index >= 15 is 0 Å². The van der Waals surface area contributed by atoms with Crippen LogP contribution in [0.2, 0.25) is 10.0 Å². The summed E-state index contributed by atoms with van der Waals surface area (Å²) in [5.74, 6) is 0. The second-order valence-electron chi connectivity index (χ2n) is 4.47. The van der Waals surface area contributed by atoms with E-state index in [0.29, 0.717) is 17.1 Å². The van der Waals surface area contributed by atoms with Gasteiger partial charge >= 0.3 is 0 Å². The quantitative estimate of drug-likeness (QED) is 0.833. The molecule has 0 saturated carbocycles. The van der Waals surface area contributed by atoms with Crippen LogP contribution in [0.15, 0.2) is 18.2 Å². The van der Waals surface area contributed by atoms with Crippen LogP contribution in [0, 0.1) is 0 Å². The molecule has 2 nitrogen and oxygen atoms in total. The number of anilines is 1. The Hall–Kier alpha value is -0.440. The van der Waals surface area contributed by atoms with Gasteiger partial charge in [-0.3, -0.25) is 0 Å². The standard InChI is InChI=1S/C12H16Cl2N2/c1-8-6-16(7-9(2)15-8)12-4-3-10(13)5-11(12)14/h3-5,8-9,15H,6-7H2,1-2H3/t8-,9+. The molecule has 16 heavy (non-hydrogen) atoms. The van der Waals surface area contributed by atoms with E-state index in [1.807, 2.05) is 12.1 Å². The highest BCUT2D eigenvalue weighted by Gasteiger charge is 2.22. The molecule has 1 heterocycles. The summed E-state index contributed by atoms with van der Waals surface area (Å²) in [7, 11) is 0. The van der Waals surface area contributed by atoms with E-state index < -0.39 is 0 Å². The van der Waals surface area contributed by atoms with Crippen molar-refractivity contribution in [2.45, 2.75) is 25.9 Å². The number of halogens is 2.